The normalized spacial score (nSPS) is 18.4. The minimum absolute atomic E-state index is 0.0947. The van der Waals surface area contributed by atoms with Gasteiger partial charge < -0.3 is 25.8 Å². The maximum absolute atomic E-state index is 13.2. The van der Waals surface area contributed by atoms with E-state index in [-0.39, 0.29) is 24.1 Å². The molecule has 2 aromatic carbocycles. The lowest BCUT2D eigenvalue weighted by molar-refractivity contribution is -0.119. The van der Waals surface area contributed by atoms with Gasteiger partial charge in [-0.05, 0) is 55.0 Å². The first-order chi connectivity index (χ1) is 24.3. The molecular formula is C38H38Cl2N6O4. The molecule has 0 radical (unpaired) electrons. The number of benzene rings is 2. The van der Waals surface area contributed by atoms with Gasteiger partial charge in [0.15, 0.2) is 0 Å². The summed E-state index contributed by atoms with van der Waals surface area (Å²) in [6.45, 7) is 2.62. The van der Waals surface area contributed by atoms with Crippen molar-refractivity contribution in [1.82, 2.24) is 30.3 Å². The summed E-state index contributed by atoms with van der Waals surface area (Å²) >= 11 is 14.2. The molecule has 4 N–H and O–H groups in total. The van der Waals surface area contributed by atoms with Gasteiger partial charge in [-0.1, -0.05) is 65.7 Å². The molecule has 7 rings (SSSR count). The van der Waals surface area contributed by atoms with Crippen LogP contribution in [-0.2, 0) is 17.9 Å². The molecule has 1 aliphatic carbocycles. The topological polar surface area (TPSA) is 130 Å². The van der Waals surface area contributed by atoms with Crippen LogP contribution in [0.1, 0.15) is 30.4 Å². The molecule has 5 aromatic rings. The summed E-state index contributed by atoms with van der Waals surface area (Å²) in [5.74, 6) is 1.43. The van der Waals surface area contributed by atoms with Gasteiger partial charge in [0.05, 0.1) is 22.8 Å². The molecule has 50 heavy (non-hydrogen) atoms. The van der Waals surface area contributed by atoms with E-state index in [4.69, 9.17) is 32.9 Å². The number of ether oxygens (including phenoxy) is 1. The largest absolute Gasteiger partial charge is 0.481 e. The van der Waals surface area contributed by atoms with E-state index in [1.807, 2.05) is 60.7 Å². The van der Waals surface area contributed by atoms with E-state index in [2.05, 4.69) is 20.9 Å². The highest BCUT2D eigenvalue weighted by molar-refractivity contribution is 6.39. The second kappa shape index (κ2) is 14.9. The third kappa shape index (κ3) is 7.12. The average Bonchev–Trinajstić information content (AvgIpc) is 3.77. The first-order valence-electron chi connectivity index (χ1n) is 16.8. The monoisotopic (exact) mass is 712 g/mol. The van der Waals surface area contributed by atoms with E-state index >= 15 is 0 Å². The van der Waals surface area contributed by atoms with Crippen molar-refractivity contribution in [2.24, 2.45) is 11.8 Å². The van der Waals surface area contributed by atoms with Gasteiger partial charge in [0.2, 0.25) is 11.8 Å². The Balaban J connectivity index is 1.11. The number of amides is 1. The molecule has 1 saturated heterocycles. The quantitative estimate of drug-likeness (QED) is 0.126. The summed E-state index contributed by atoms with van der Waals surface area (Å²) in [7, 11) is 1.59. The van der Waals surface area contributed by atoms with E-state index in [9.17, 15) is 14.7 Å². The number of carbonyl (C=O) groups excluding carboxylic acids is 1. The number of carbonyl (C=O) groups is 1. The average molecular weight is 714 g/mol. The Labute approximate surface area is 299 Å². The summed E-state index contributed by atoms with van der Waals surface area (Å²) in [6, 6.07) is 19.3. The van der Waals surface area contributed by atoms with Gasteiger partial charge in [-0.3, -0.25) is 14.0 Å². The molecule has 12 heteroatoms. The number of aromatic nitrogens is 3. The van der Waals surface area contributed by atoms with Crippen LogP contribution >= 0.6 is 23.2 Å². The predicted molar refractivity (Wildman–Crippen MR) is 195 cm³/mol. The van der Waals surface area contributed by atoms with Gasteiger partial charge in [-0.25, -0.2) is 9.97 Å². The van der Waals surface area contributed by atoms with Crippen LogP contribution in [0.5, 0.6) is 5.88 Å². The van der Waals surface area contributed by atoms with Crippen LogP contribution in [0.15, 0.2) is 77.9 Å². The zero-order chi connectivity index (χ0) is 34.8. The van der Waals surface area contributed by atoms with Crippen molar-refractivity contribution >= 4 is 34.8 Å². The summed E-state index contributed by atoms with van der Waals surface area (Å²) in [4.78, 5) is 34.1. The Kier molecular flexibility index (Phi) is 10.2. The van der Waals surface area contributed by atoms with Gasteiger partial charge in [0.1, 0.15) is 5.65 Å². The first kappa shape index (κ1) is 34.1. The number of halogens is 2. The van der Waals surface area contributed by atoms with Gasteiger partial charge in [-0.2, -0.15) is 0 Å². The van der Waals surface area contributed by atoms with Crippen LogP contribution in [0.4, 0.5) is 0 Å². The molecule has 0 spiro atoms. The van der Waals surface area contributed by atoms with Gasteiger partial charge in [0.25, 0.3) is 5.56 Å². The Morgan fingerprint density at radius 3 is 2.36 bits per heavy atom. The minimum atomic E-state index is -0.124. The molecule has 3 atom stereocenters. The second-order valence-electron chi connectivity index (χ2n) is 12.9. The highest BCUT2D eigenvalue weighted by atomic mass is 35.5. The minimum Gasteiger partial charge on any atom is -0.481 e. The van der Waals surface area contributed by atoms with Crippen molar-refractivity contribution in [2.75, 3.05) is 26.8 Å². The second-order valence-corrected chi connectivity index (χ2v) is 13.7. The number of hydrogen-bond donors (Lipinski definition) is 4. The van der Waals surface area contributed by atoms with Crippen molar-refractivity contribution in [3.8, 4) is 39.4 Å². The van der Waals surface area contributed by atoms with Crippen molar-refractivity contribution in [3.05, 3.63) is 105 Å². The van der Waals surface area contributed by atoms with Crippen LogP contribution in [0.2, 0.25) is 10.0 Å². The number of methoxy groups -OCH3 is 1. The standard InChI is InChI=1S/C38H38Cl2N6O4/c1-50-37-23(16-42-20-27-9-11-34(48)44-27)8-10-32(45-37)31-7-3-6-30(36(31)40)29-5-2-4-28(35(29)39)22-12-13-46-33(15-22)43-19-26(38(46)49)18-41-17-24-14-25(24)21-47/h2-8,10,12-13,15,19,24-25,27,41-42,47H,9,11,14,16-18,20-21H2,1H3,(H,44,48)/t24-,25+,27+/m1/s1. The lowest BCUT2D eigenvalue weighted by atomic mass is 9.97. The maximum atomic E-state index is 13.2. The highest BCUT2D eigenvalue weighted by Crippen LogP contribution is 2.42. The van der Waals surface area contributed by atoms with Crippen molar-refractivity contribution in [3.63, 3.8) is 0 Å². The molecule has 4 heterocycles. The predicted octanol–water partition coefficient (Wildman–Crippen LogP) is 5.49. The molecule has 0 unspecified atom stereocenters. The van der Waals surface area contributed by atoms with E-state index in [0.29, 0.717) is 70.7 Å². The molecule has 0 bridgehead atoms. The first-order valence-corrected chi connectivity index (χ1v) is 17.5. The molecule has 1 saturated carbocycles. The van der Waals surface area contributed by atoms with Crippen LogP contribution in [0, 0.1) is 11.8 Å². The fourth-order valence-electron chi connectivity index (χ4n) is 6.62. The fourth-order valence-corrected chi connectivity index (χ4v) is 7.28. The third-order valence-corrected chi connectivity index (χ3v) is 10.4. The lowest BCUT2D eigenvalue weighted by Crippen LogP contribution is -2.35. The van der Waals surface area contributed by atoms with Crippen molar-refractivity contribution < 1.29 is 14.6 Å². The number of pyridine rings is 2. The molecule has 10 nitrogen and oxygen atoms in total. The molecule has 1 amide bonds. The number of rotatable bonds is 13. The summed E-state index contributed by atoms with van der Waals surface area (Å²) in [6.07, 6.45) is 5.77. The van der Waals surface area contributed by atoms with Crippen LogP contribution in [0.3, 0.4) is 0 Å². The lowest BCUT2D eigenvalue weighted by Gasteiger charge is -2.16. The number of nitrogens with zero attached hydrogens (tertiary/aromatic N) is 3. The Morgan fingerprint density at radius 1 is 0.920 bits per heavy atom. The summed E-state index contributed by atoms with van der Waals surface area (Å²) in [5.41, 5.74) is 6.39. The number of hydrogen-bond acceptors (Lipinski definition) is 8. The van der Waals surface area contributed by atoms with E-state index in [1.54, 1.807) is 23.9 Å². The molecule has 2 fully saturated rings. The number of aliphatic hydroxyl groups excluding tert-OH is 1. The van der Waals surface area contributed by atoms with Gasteiger partial charge in [0, 0.05) is 84.5 Å². The van der Waals surface area contributed by atoms with Crippen molar-refractivity contribution in [1.29, 1.82) is 0 Å². The number of nitrogens with one attached hydrogen (secondary N) is 3. The molecule has 2 aliphatic rings. The van der Waals surface area contributed by atoms with Crippen molar-refractivity contribution in [2.45, 2.75) is 38.4 Å². The fraction of sp³-hybridized carbons (Fsp3) is 0.316. The molecular weight excluding hydrogens is 675 g/mol. The number of aliphatic hydroxyl groups is 1. The van der Waals surface area contributed by atoms with Crippen LogP contribution in [0.25, 0.3) is 39.2 Å². The molecule has 258 valence electrons. The zero-order valence-electron chi connectivity index (χ0n) is 27.6. The van der Waals surface area contributed by atoms with E-state index in [1.165, 1.54) is 0 Å². The molecule has 1 aliphatic heterocycles. The highest BCUT2D eigenvalue weighted by Gasteiger charge is 2.35. The molecule has 3 aromatic heterocycles. The van der Waals surface area contributed by atoms with Crippen LogP contribution in [-0.4, -0.2) is 58.2 Å². The Morgan fingerprint density at radius 2 is 1.64 bits per heavy atom. The third-order valence-electron chi connectivity index (χ3n) is 9.60. The summed E-state index contributed by atoms with van der Waals surface area (Å²) < 4.78 is 7.19. The van der Waals surface area contributed by atoms with Gasteiger partial charge in [-0.15, -0.1) is 0 Å². The Hall–Kier alpha value is -4.32. The van der Waals surface area contributed by atoms with E-state index in [0.717, 1.165) is 52.8 Å². The SMILES string of the molecule is COc1nc(-c2cccc(-c3cccc(-c4ccn5c(=O)c(CNC[C@H]6C[C@H]6CO)cnc5c4)c3Cl)c2Cl)ccc1CNC[C@@H]1CCC(=O)N1. The van der Waals surface area contributed by atoms with E-state index < -0.39 is 0 Å². The summed E-state index contributed by atoms with van der Waals surface area (Å²) in [5, 5.41) is 20.0. The smallest absolute Gasteiger partial charge is 0.262 e. The van der Waals surface area contributed by atoms with Gasteiger partial charge >= 0.3 is 0 Å². The van der Waals surface area contributed by atoms with Crippen LogP contribution < -0.4 is 26.2 Å². The zero-order valence-corrected chi connectivity index (χ0v) is 29.1. The number of fused-ring (bicyclic) bond motifs is 1. The Bertz CT molecular complexity index is 2120. The maximum Gasteiger partial charge on any atom is 0.262 e.